The molecule has 0 bridgehead atoms. The standard InChI is InChI=1S/C60H44N2/c1-37-38(2)50-34-56-54-32-46(44-24-22-40-14-10-12-16-42(40)30-44)26-28-58(54)62(48-19-7-4-8-20-48)60(56)36-52(50)51-35-59-55(33-49(37)51)53-31-45(43-23-21-39-13-9-11-15-41(39)29-43)25-27-57(53)61(59)47-17-5-3-6-18-47/h3-25,27,29-38H,26,28H2,1-2H3. The highest BCUT2D eigenvalue weighted by Crippen LogP contribution is 2.52. The first-order chi connectivity index (χ1) is 30.6. The van der Waals surface area contributed by atoms with Gasteiger partial charge < -0.3 is 9.13 Å². The van der Waals surface area contributed by atoms with Crippen LogP contribution in [0.15, 0.2) is 188 Å². The van der Waals surface area contributed by atoms with Gasteiger partial charge >= 0.3 is 0 Å². The minimum atomic E-state index is 0.342. The van der Waals surface area contributed by atoms with Crippen molar-refractivity contribution in [3.8, 4) is 33.6 Å². The molecule has 0 radical (unpaired) electrons. The first kappa shape index (κ1) is 35.3. The smallest absolute Gasteiger partial charge is 0.0547 e. The summed E-state index contributed by atoms with van der Waals surface area (Å²) >= 11 is 0. The van der Waals surface area contributed by atoms with Crippen LogP contribution < -0.4 is 0 Å². The second-order valence-electron chi connectivity index (χ2n) is 17.7. The molecule has 62 heavy (non-hydrogen) atoms. The number of benzene rings is 9. The molecular formula is C60H44N2. The summed E-state index contributed by atoms with van der Waals surface area (Å²) < 4.78 is 5.05. The number of hydrogen-bond acceptors (Lipinski definition) is 0. The lowest BCUT2D eigenvalue weighted by Gasteiger charge is -2.32. The zero-order chi connectivity index (χ0) is 41.1. The van der Waals surface area contributed by atoms with Crippen molar-refractivity contribution in [2.45, 2.75) is 38.5 Å². The summed E-state index contributed by atoms with van der Waals surface area (Å²) in [6.07, 6.45) is 4.51. The van der Waals surface area contributed by atoms with E-state index in [2.05, 4.69) is 217 Å². The maximum Gasteiger partial charge on any atom is 0.0547 e. The minimum absolute atomic E-state index is 0.342. The number of rotatable bonds is 4. The first-order valence-corrected chi connectivity index (χ1v) is 22.2. The summed E-state index contributed by atoms with van der Waals surface area (Å²) in [5.74, 6) is 0.687. The fraction of sp³-hybridized carbons (Fsp3) is 0.100. The average Bonchev–Trinajstić information content (AvgIpc) is 3.83. The van der Waals surface area contributed by atoms with Crippen LogP contribution in [0.1, 0.15) is 60.1 Å². The molecular weight excluding hydrogens is 749 g/mol. The van der Waals surface area contributed by atoms with Crippen LogP contribution in [0.25, 0.3) is 99.5 Å². The van der Waals surface area contributed by atoms with E-state index in [0.29, 0.717) is 11.8 Å². The molecule has 11 aromatic rings. The molecule has 2 heterocycles. The van der Waals surface area contributed by atoms with Crippen molar-refractivity contribution in [3.63, 3.8) is 0 Å². The predicted octanol–water partition coefficient (Wildman–Crippen LogP) is 16.1. The van der Waals surface area contributed by atoms with E-state index in [9.17, 15) is 0 Å². The van der Waals surface area contributed by atoms with E-state index in [1.54, 1.807) is 0 Å². The number of para-hydroxylation sites is 2. The molecule has 0 saturated carbocycles. The van der Waals surface area contributed by atoms with Crippen LogP contribution >= 0.6 is 0 Å². The Kier molecular flexibility index (Phi) is 7.72. The predicted molar refractivity (Wildman–Crippen MR) is 263 cm³/mol. The van der Waals surface area contributed by atoms with Crippen LogP contribution in [-0.4, -0.2) is 9.13 Å². The summed E-state index contributed by atoms with van der Waals surface area (Å²) in [4.78, 5) is 0. The van der Waals surface area contributed by atoms with Crippen LogP contribution in [0.2, 0.25) is 0 Å². The molecule has 0 aliphatic heterocycles. The zero-order valence-electron chi connectivity index (χ0n) is 34.9. The number of nitrogens with zero attached hydrogens (tertiary/aromatic N) is 2. The molecule has 294 valence electrons. The van der Waals surface area contributed by atoms with Crippen molar-refractivity contribution in [1.29, 1.82) is 0 Å². The normalized spacial score (nSPS) is 15.9. The summed E-state index contributed by atoms with van der Waals surface area (Å²) in [6, 6.07) is 70.4. The third-order valence-corrected chi connectivity index (χ3v) is 14.4. The van der Waals surface area contributed by atoms with Gasteiger partial charge in [-0.1, -0.05) is 129 Å². The molecule has 2 nitrogen and oxygen atoms in total. The maximum absolute atomic E-state index is 2.57. The Hall–Kier alpha value is -7.42. The fourth-order valence-electron chi connectivity index (χ4n) is 11.1. The number of allylic oxidation sites excluding steroid dienone is 1. The van der Waals surface area contributed by atoms with Gasteiger partial charge in [0.05, 0.1) is 16.6 Å². The third kappa shape index (κ3) is 5.29. The van der Waals surface area contributed by atoms with Crippen molar-refractivity contribution < 1.29 is 0 Å². The van der Waals surface area contributed by atoms with E-state index in [-0.39, 0.29) is 0 Å². The van der Waals surface area contributed by atoms with E-state index in [4.69, 9.17) is 0 Å². The van der Waals surface area contributed by atoms with Crippen LogP contribution in [0.4, 0.5) is 0 Å². The summed E-state index contributed by atoms with van der Waals surface area (Å²) in [5, 5.41) is 9.07. The van der Waals surface area contributed by atoms with E-state index >= 15 is 0 Å². The Bertz CT molecular complexity index is 3660. The SMILES string of the molecule is CC1c2cc3c4c(n(-c5ccccc5)c3cc2-c2cc3c(cc2C1C)c1cc(-c2ccc5ccccc5c2)ccc1n3-c1ccccc1)CCC(c1ccc2ccccc2c1)=C4. The summed E-state index contributed by atoms with van der Waals surface area (Å²) in [7, 11) is 0. The molecule has 0 fully saturated rings. The van der Waals surface area contributed by atoms with Crippen LogP contribution in [0, 0.1) is 0 Å². The molecule has 2 aliphatic rings. The van der Waals surface area contributed by atoms with Crippen molar-refractivity contribution >= 4 is 65.9 Å². The molecule has 0 spiro atoms. The van der Waals surface area contributed by atoms with Gasteiger partial charge in [0.25, 0.3) is 0 Å². The van der Waals surface area contributed by atoms with Gasteiger partial charge in [0.2, 0.25) is 0 Å². The van der Waals surface area contributed by atoms with E-state index in [1.165, 1.54) is 121 Å². The largest absolute Gasteiger partial charge is 0.313 e. The molecule has 2 unspecified atom stereocenters. The summed E-state index contributed by atoms with van der Waals surface area (Å²) in [6.45, 7) is 4.90. The molecule has 0 N–H and O–H groups in total. The quantitative estimate of drug-likeness (QED) is 0.168. The minimum Gasteiger partial charge on any atom is -0.313 e. The second kappa shape index (κ2) is 13.5. The number of aromatic nitrogens is 2. The highest BCUT2D eigenvalue weighted by Gasteiger charge is 2.32. The maximum atomic E-state index is 2.57. The van der Waals surface area contributed by atoms with Gasteiger partial charge in [-0.05, 0) is 170 Å². The monoisotopic (exact) mass is 792 g/mol. The van der Waals surface area contributed by atoms with Gasteiger partial charge in [0, 0.05) is 38.8 Å². The summed E-state index contributed by atoms with van der Waals surface area (Å²) in [5.41, 5.74) is 19.7. The van der Waals surface area contributed by atoms with Gasteiger partial charge in [-0.25, -0.2) is 0 Å². The van der Waals surface area contributed by atoms with Gasteiger partial charge in [-0.2, -0.15) is 0 Å². The van der Waals surface area contributed by atoms with Crippen molar-refractivity contribution in [3.05, 3.63) is 216 Å². The zero-order valence-corrected chi connectivity index (χ0v) is 34.9. The highest BCUT2D eigenvalue weighted by atomic mass is 15.0. The molecule has 9 aromatic carbocycles. The van der Waals surface area contributed by atoms with Gasteiger partial charge in [-0.15, -0.1) is 0 Å². The number of fused-ring (bicyclic) bond motifs is 11. The molecule has 0 saturated heterocycles. The second-order valence-corrected chi connectivity index (χ2v) is 17.7. The van der Waals surface area contributed by atoms with Gasteiger partial charge in [0.15, 0.2) is 0 Å². The van der Waals surface area contributed by atoms with Crippen LogP contribution in [0.3, 0.4) is 0 Å². The Labute approximate surface area is 361 Å². The van der Waals surface area contributed by atoms with Crippen molar-refractivity contribution in [2.75, 3.05) is 0 Å². The van der Waals surface area contributed by atoms with Gasteiger partial charge in [-0.3, -0.25) is 0 Å². The lowest BCUT2D eigenvalue weighted by molar-refractivity contribution is 0.617. The van der Waals surface area contributed by atoms with Crippen LogP contribution in [-0.2, 0) is 6.42 Å². The van der Waals surface area contributed by atoms with E-state index in [0.717, 1.165) is 12.8 Å². The lowest BCUT2D eigenvalue weighted by atomic mass is 9.72. The molecule has 2 aromatic heterocycles. The Morgan fingerprint density at radius 1 is 0.387 bits per heavy atom. The van der Waals surface area contributed by atoms with Crippen LogP contribution in [0.5, 0.6) is 0 Å². The molecule has 2 aliphatic carbocycles. The Morgan fingerprint density at radius 3 is 1.55 bits per heavy atom. The molecule has 2 heteroatoms. The first-order valence-electron chi connectivity index (χ1n) is 22.2. The molecule has 13 rings (SSSR count). The molecule has 2 atom stereocenters. The van der Waals surface area contributed by atoms with Crippen molar-refractivity contribution in [2.24, 2.45) is 0 Å². The van der Waals surface area contributed by atoms with Crippen molar-refractivity contribution in [1.82, 2.24) is 9.13 Å². The Balaban J connectivity index is 1.04. The fourth-order valence-corrected chi connectivity index (χ4v) is 11.1. The lowest BCUT2D eigenvalue weighted by Crippen LogP contribution is -2.13. The highest BCUT2D eigenvalue weighted by molar-refractivity contribution is 6.13. The third-order valence-electron chi connectivity index (χ3n) is 14.4. The molecule has 0 amide bonds. The van der Waals surface area contributed by atoms with E-state index in [1.807, 2.05) is 0 Å². The van der Waals surface area contributed by atoms with Gasteiger partial charge in [0.1, 0.15) is 0 Å². The number of hydrogen-bond donors (Lipinski definition) is 0. The topological polar surface area (TPSA) is 9.86 Å². The van der Waals surface area contributed by atoms with E-state index < -0.39 is 0 Å². The average molecular weight is 793 g/mol. The Morgan fingerprint density at radius 2 is 0.887 bits per heavy atom.